The van der Waals surface area contributed by atoms with E-state index in [0.29, 0.717) is 0 Å². The quantitative estimate of drug-likeness (QED) is 0.608. The van der Waals surface area contributed by atoms with Gasteiger partial charge in [-0.2, -0.15) is 0 Å². The standard InChI is InChI=1S/C20H29NO/c1-3-4-5-6-7-8-9-10-13-17-16(2)21-19-15-12-11-14-18(19)20(17)22/h11-12,14-15H,3-10,13H2,1-2H3,(H,21,22). The van der Waals surface area contributed by atoms with Crippen LogP contribution in [0, 0.1) is 6.92 Å². The van der Waals surface area contributed by atoms with Gasteiger partial charge in [0.25, 0.3) is 0 Å². The number of aryl methyl sites for hydroxylation is 1. The minimum atomic E-state index is 0.217. The lowest BCUT2D eigenvalue weighted by atomic mass is 10.0. The van der Waals surface area contributed by atoms with Gasteiger partial charge in [-0.05, 0) is 31.9 Å². The molecule has 1 aromatic heterocycles. The average Bonchev–Trinajstić information content (AvgIpc) is 2.52. The number of benzene rings is 1. The van der Waals surface area contributed by atoms with Gasteiger partial charge in [0.05, 0.1) is 0 Å². The monoisotopic (exact) mass is 299 g/mol. The number of hydrogen-bond donors (Lipinski definition) is 1. The molecule has 0 radical (unpaired) electrons. The van der Waals surface area contributed by atoms with Crippen molar-refractivity contribution in [2.45, 2.75) is 71.6 Å². The SMILES string of the molecule is CCCCCCCCCCc1c(C)[nH]c2ccccc2c1=O. The molecule has 0 atom stereocenters. The van der Waals surface area contributed by atoms with Crippen molar-refractivity contribution in [3.63, 3.8) is 0 Å². The fourth-order valence-electron chi connectivity index (χ4n) is 3.14. The number of H-pyrrole nitrogens is 1. The molecule has 2 nitrogen and oxygen atoms in total. The van der Waals surface area contributed by atoms with Crippen LogP contribution in [-0.4, -0.2) is 4.98 Å². The molecule has 0 unspecified atom stereocenters. The van der Waals surface area contributed by atoms with Gasteiger partial charge >= 0.3 is 0 Å². The zero-order valence-corrected chi connectivity index (χ0v) is 14.1. The summed E-state index contributed by atoms with van der Waals surface area (Å²) in [4.78, 5) is 15.9. The molecule has 0 saturated heterocycles. The molecule has 0 fully saturated rings. The molecule has 0 amide bonds. The van der Waals surface area contributed by atoms with Crippen molar-refractivity contribution in [2.24, 2.45) is 0 Å². The Labute approximate surface area is 134 Å². The van der Waals surface area contributed by atoms with E-state index in [4.69, 9.17) is 0 Å². The Morgan fingerprint density at radius 1 is 0.909 bits per heavy atom. The summed E-state index contributed by atoms with van der Waals surface area (Å²) in [6, 6.07) is 7.80. The Morgan fingerprint density at radius 3 is 2.27 bits per heavy atom. The third kappa shape index (κ3) is 4.46. The highest BCUT2D eigenvalue weighted by atomic mass is 16.1. The zero-order valence-electron chi connectivity index (χ0n) is 14.1. The fourth-order valence-corrected chi connectivity index (χ4v) is 3.14. The number of fused-ring (bicyclic) bond motifs is 1. The average molecular weight is 299 g/mol. The van der Waals surface area contributed by atoms with Crippen molar-refractivity contribution in [2.75, 3.05) is 0 Å². The second kappa shape index (κ2) is 8.77. The molecule has 1 aromatic carbocycles. The maximum atomic E-state index is 12.6. The van der Waals surface area contributed by atoms with Crippen LogP contribution in [0.5, 0.6) is 0 Å². The maximum Gasteiger partial charge on any atom is 0.192 e. The molecule has 0 spiro atoms. The number of hydrogen-bond acceptors (Lipinski definition) is 1. The number of pyridine rings is 1. The van der Waals surface area contributed by atoms with Crippen LogP contribution < -0.4 is 5.43 Å². The van der Waals surface area contributed by atoms with Gasteiger partial charge in [0.15, 0.2) is 5.43 Å². The normalized spacial score (nSPS) is 11.2. The molecule has 0 aliphatic carbocycles. The molecule has 120 valence electrons. The molecule has 22 heavy (non-hydrogen) atoms. The predicted molar refractivity (Wildman–Crippen MR) is 95.6 cm³/mol. The van der Waals surface area contributed by atoms with E-state index in [2.05, 4.69) is 11.9 Å². The Balaban J connectivity index is 1.86. The van der Waals surface area contributed by atoms with E-state index in [9.17, 15) is 4.79 Å². The van der Waals surface area contributed by atoms with Crippen LogP contribution in [0.1, 0.15) is 69.5 Å². The summed E-state index contributed by atoms with van der Waals surface area (Å²) in [5, 5.41) is 0.822. The van der Waals surface area contributed by atoms with Crippen molar-refractivity contribution < 1.29 is 0 Å². The van der Waals surface area contributed by atoms with Crippen LogP contribution in [0.25, 0.3) is 10.9 Å². The summed E-state index contributed by atoms with van der Waals surface area (Å²) in [5.74, 6) is 0. The van der Waals surface area contributed by atoms with Gasteiger partial charge in [0.2, 0.25) is 0 Å². The largest absolute Gasteiger partial charge is 0.358 e. The van der Waals surface area contributed by atoms with Gasteiger partial charge in [-0.3, -0.25) is 4.79 Å². The smallest absolute Gasteiger partial charge is 0.192 e. The van der Waals surface area contributed by atoms with Crippen molar-refractivity contribution in [3.05, 3.63) is 45.7 Å². The lowest BCUT2D eigenvalue weighted by Crippen LogP contribution is -2.13. The van der Waals surface area contributed by atoms with Crippen molar-refractivity contribution in [3.8, 4) is 0 Å². The van der Waals surface area contributed by atoms with Gasteiger partial charge in [-0.15, -0.1) is 0 Å². The Hall–Kier alpha value is -1.57. The summed E-state index contributed by atoms with van der Waals surface area (Å²) in [6.45, 7) is 4.28. The van der Waals surface area contributed by atoms with Crippen LogP contribution in [0.3, 0.4) is 0 Å². The van der Waals surface area contributed by atoms with Crippen molar-refractivity contribution in [1.29, 1.82) is 0 Å². The van der Waals surface area contributed by atoms with Gasteiger partial charge in [0, 0.05) is 22.2 Å². The van der Waals surface area contributed by atoms with E-state index in [1.807, 2.05) is 31.2 Å². The molecule has 2 heteroatoms. The Bertz CT molecular complexity index is 642. The Morgan fingerprint density at radius 2 is 1.55 bits per heavy atom. The number of aromatic nitrogens is 1. The molecule has 1 heterocycles. The second-order valence-electron chi connectivity index (χ2n) is 6.33. The zero-order chi connectivity index (χ0) is 15.8. The summed E-state index contributed by atoms with van der Waals surface area (Å²) in [5.41, 5.74) is 3.18. The highest BCUT2D eigenvalue weighted by molar-refractivity contribution is 5.79. The number of para-hydroxylation sites is 1. The van der Waals surface area contributed by atoms with Gasteiger partial charge < -0.3 is 4.98 Å². The van der Waals surface area contributed by atoms with Crippen molar-refractivity contribution in [1.82, 2.24) is 4.98 Å². The molecular formula is C20H29NO. The predicted octanol–water partition coefficient (Wildman–Crippen LogP) is 5.52. The molecule has 2 rings (SSSR count). The Kier molecular flexibility index (Phi) is 6.70. The molecule has 1 N–H and O–H groups in total. The first kappa shape index (κ1) is 16.8. The van der Waals surface area contributed by atoms with Crippen LogP contribution in [0.4, 0.5) is 0 Å². The van der Waals surface area contributed by atoms with E-state index in [-0.39, 0.29) is 5.43 Å². The van der Waals surface area contributed by atoms with E-state index >= 15 is 0 Å². The van der Waals surface area contributed by atoms with Crippen LogP contribution in [0.15, 0.2) is 29.1 Å². The maximum absolute atomic E-state index is 12.6. The van der Waals surface area contributed by atoms with Crippen LogP contribution in [0.2, 0.25) is 0 Å². The second-order valence-corrected chi connectivity index (χ2v) is 6.33. The first-order valence-electron chi connectivity index (χ1n) is 8.84. The molecule has 0 aliphatic rings. The van der Waals surface area contributed by atoms with Gasteiger partial charge in [0.1, 0.15) is 0 Å². The minimum Gasteiger partial charge on any atom is -0.358 e. The van der Waals surface area contributed by atoms with E-state index in [1.165, 1.54) is 44.9 Å². The third-order valence-electron chi connectivity index (χ3n) is 4.50. The van der Waals surface area contributed by atoms with Crippen molar-refractivity contribution >= 4 is 10.9 Å². The number of rotatable bonds is 9. The van der Waals surface area contributed by atoms with E-state index in [1.54, 1.807) is 0 Å². The van der Waals surface area contributed by atoms with E-state index < -0.39 is 0 Å². The highest BCUT2D eigenvalue weighted by Gasteiger charge is 2.08. The fraction of sp³-hybridized carbons (Fsp3) is 0.550. The number of aromatic amines is 1. The summed E-state index contributed by atoms with van der Waals surface area (Å²) in [7, 11) is 0. The first-order chi connectivity index (χ1) is 10.7. The van der Waals surface area contributed by atoms with Crippen LogP contribution in [-0.2, 0) is 6.42 Å². The molecule has 0 aliphatic heterocycles. The molecule has 0 saturated carbocycles. The minimum absolute atomic E-state index is 0.217. The topological polar surface area (TPSA) is 32.9 Å². The third-order valence-corrected chi connectivity index (χ3v) is 4.50. The van der Waals surface area contributed by atoms with Gasteiger partial charge in [-0.1, -0.05) is 64.0 Å². The highest BCUT2D eigenvalue weighted by Crippen LogP contribution is 2.14. The molecular weight excluding hydrogens is 270 g/mol. The van der Waals surface area contributed by atoms with E-state index in [0.717, 1.165) is 35.0 Å². The van der Waals surface area contributed by atoms with Crippen LogP contribution >= 0.6 is 0 Å². The van der Waals surface area contributed by atoms with Gasteiger partial charge in [-0.25, -0.2) is 0 Å². The number of unbranched alkanes of at least 4 members (excludes halogenated alkanes) is 7. The summed E-state index contributed by atoms with van der Waals surface area (Å²) >= 11 is 0. The first-order valence-corrected chi connectivity index (χ1v) is 8.84. The summed E-state index contributed by atoms with van der Waals surface area (Å²) in [6.07, 6.45) is 11.3. The lowest BCUT2D eigenvalue weighted by molar-refractivity contribution is 0.575. The summed E-state index contributed by atoms with van der Waals surface area (Å²) < 4.78 is 0. The number of nitrogens with one attached hydrogen (secondary N) is 1. The lowest BCUT2D eigenvalue weighted by Gasteiger charge is -2.08. The molecule has 0 bridgehead atoms. The molecule has 2 aromatic rings.